The van der Waals surface area contributed by atoms with Crippen LogP contribution in [0.4, 0.5) is 5.13 Å². The van der Waals surface area contributed by atoms with E-state index in [9.17, 15) is 14.4 Å². The van der Waals surface area contributed by atoms with E-state index in [1.54, 1.807) is 23.9 Å². The van der Waals surface area contributed by atoms with Crippen molar-refractivity contribution in [3.05, 3.63) is 34.9 Å². The fourth-order valence-electron chi connectivity index (χ4n) is 3.68. The van der Waals surface area contributed by atoms with E-state index in [4.69, 9.17) is 0 Å². The highest BCUT2D eigenvalue weighted by atomic mass is 32.2. The fraction of sp³-hybridized carbons (Fsp3) is 0.421. The molecule has 28 heavy (non-hydrogen) atoms. The number of rotatable bonds is 5. The van der Waals surface area contributed by atoms with Gasteiger partial charge in [0.2, 0.25) is 5.13 Å². The molecule has 4 rings (SSSR count). The Kier molecular flexibility index (Phi) is 5.45. The molecule has 2 aliphatic rings. The number of carbonyl (C=O) groups excluding carboxylic acids is 3. The monoisotopic (exact) mass is 416 g/mol. The van der Waals surface area contributed by atoms with Crippen LogP contribution in [0.5, 0.6) is 0 Å². The predicted octanol–water partition coefficient (Wildman–Crippen LogP) is 3.83. The second-order valence-corrected chi connectivity index (χ2v) is 9.28. The molecule has 1 saturated carbocycles. The van der Waals surface area contributed by atoms with Crippen LogP contribution in [0.15, 0.2) is 22.5 Å². The lowest BCUT2D eigenvalue weighted by molar-refractivity contribution is 0.0549. The van der Waals surface area contributed by atoms with E-state index in [-0.39, 0.29) is 23.8 Å². The summed E-state index contributed by atoms with van der Waals surface area (Å²) in [4.78, 5) is 39.6. The lowest BCUT2D eigenvalue weighted by Gasteiger charge is -2.29. The molecule has 0 unspecified atom stereocenters. The van der Waals surface area contributed by atoms with Gasteiger partial charge in [0.1, 0.15) is 0 Å². The van der Waals surface area contributed by atoms with Gasteiger partial charge in [-0.2, -0.15) is 0 Å². The van der Waals surface area contributed by atoms with Gasteiger partial charge in [-0.1, -0.05) is 49.3 Å². The van der Waals surface area contributed by atoms with Crippen LogP contribution in [-0.4, -0.2) is 44.6 Å². The number of nitrogens with one attached hydrogen (secondary N) is 1. The molecule has 2 heterocycles. The third-order valence-electron chi connectivity index (χ3n) is 5.01. The number of aromatic nitrogens is 2. The van der Waals surface area contributed by atoms with Crippen molar-refractivity contribution in [1.29, 1.82) is 0 Å². The van der Waals surface area contributed by atoms with Crippen molar-refractivity contribution in [3.63, 3.8) is 0 Å². The number of imide groups is 1. The number of carbonyl (C=O) groups is 3. The molecule has 1 aromatic heterocycles. The van der Waals surface area contributed by atoms with Gasteiger partial charge in [0.25, 0.3) is 17.7 Å². The maximum absolute atomic E-state index is 12.9. The normalized spacial score (nSPS) is 17.1. The summed E-state index contributed by atoms with van der Waals surface area (Å²) in [7, 11) is 0. The summed E-state index contributed by atoms with van der Waals surface area (Å²) in [6.07, 6.45) is 4.92. The Morgan fingerprint density at radius 1 is 1.18 bits per heavy atom. The van der Waals surface area contributed by atoms with Gasteiger partial charge in [-0.25, -0.2) is 0 Å². The zero-order chi connectivity index (χ0) is 19.7. The molecule has 1 fully saturated rings. The van der Waals surface area contributed by atoms with Crippen LogP contribution in [0.25, 0.3) is 0 Å². The molecular weight excluding hydrogens is 396 g/mol. The van der Waals surface area contributed by atoms with E-state index in [2.05, 4.69) is 15.5 Å². The average Bonchev–Trinajstić information content (AvgIpc) is 3.25. The molecule has 0 saturated heterocycles. The summed E-state index contributed by atoms with van der Waals surface area (Å²) in [6, 6.07) is 4.63. The molecule has 3 amide bonds. The minimum atomic E-state index is -0.372. The zero-order valence-electron chi connectivity index (χ0n) is 15.4. The lowest BCUT2D eigenvalue weighted by Crippen LogP contribution is -2.40. The number of amides is 3. The Hall–Kier alpha value is -2.26. The van der Waals surface area contributed by atoms with Gasteiger partial charge in [-0.15, -0.1) is 10.2 Å². The van der Waals surface area contributed by atoms with Crippen LogP contribution < -0.4 is 5.32 Å². The molecule has 0 radical (unpaired) electrons. The second kappa shape index (κ2) is 8.00. The summed E-state index contributed by atoms with van der Waals surface area (Å²) in [5.74, 6) is -0.0345. The molecule has 1 N–H and O–H groups in total. The van der Waals surface area contributed by atoms with E-state index < -0.39 is 0 Å². The molecule has 7 nitrogen and oxygen atoms in total. The van der Waals surface area contributed by atoms with E-state index in [1.807, 2.05) is 6.92 Å². The molecule has 2 aromatic rings. The maximum Gasteiger partial charge on any atom is 0.261 e. The largest absolute Gasteiger partial charge is 0.296 e. The highest BCUT2D eigenvalue weighted by Gasteiger charge is 2.40. The molecule has 0 spiro atoms. The highest BCUT2D eigenvalue weighted by Crippen LogP contribution is 2.32. The van der Waals surface area contributed by atoms with Crippen molar-refractivity contribution in [1.82, 2.24) is 15.1 Å². The van der Waals surface area contributed by atoms with Gasteiger partial charge in [0.15, 0.2) is 4.34 Å². The van der Waals surface area contributed by atoms with E-state index in [0.717, 1.165) is 42.2 Å². The Balaban J connectivity index is 1.53. The number of anilines is 1. The van der Waals surface area contributed by atoms with Crippen LogP contribution in [0, 0.1) is 0 Å². The Bertz CT molecular complexity index is 937. The van der Waals surface area contributed by atoms with Crippen LogP contribution in [-0.2, 0) is 0 Å². The average molecular weight is 417 g/mol. The number of benzene rings is 1. The first-order valence-electron chi connectivity index (χ1n) is 9.38. The first-order valence-corrected chi connectivity index (χ1v) is 11.2. The van der Waals surface area contributed by atoms with Gasteiger partial charge in [0.05, 0.1) is 11.1 Å². The van der Waals surface area contributed by atoms with Crippen molar-refractivity contribution in [2.75, 3.05) is 11.1 Å². The molecule has 146 valence electrons. The Morgan fingerprint density at radius 2 is 1.93 bits per heavy atom. The molecule has 1 aromatic carbocycles. The number of hydrogen-bond donors (Lipinski definition) is 1. The van der Waals surface area contributed by atoms with Crippen molar-refractivity contribution in [3.8, 4) is 0 Å². The van der Waals surface area contributed by atoms with Crippen LogP contribution in [0.1, 0.15) is 70.1 Å². The highest BCUT2D eigenvalue weighted by molar-refractivity contribution is 8.01. The van der Waals surface area contributed by atoms with E-state index in [1.165, 1.54) is 22.3 Å². The van der Waals surface area contributed by atoms with Crippen molar-refractivity contribution >= 4 is 46.0 Å². The summed E-state index contributed by atoms with van der Waals surface area (Å²) in [5.41, 5.74) is 1.01. The molecule has 1 aliphatic heterocycles. The van der Waals surface area contributed by atoms with Crippen LogP contribution in [0.3, 0.4) is 0 Å². The second-order valence-electron chi connectivity index (χ2n) is 6.79. The van der Waals surface area contributed by atoms with Crippen molar-refractivity contribution in [2.24, 2.45) is 0 Å². The quantitative estimate of drug-likeness (QED) is 0.452. The minimum absolute atomic E-state index is 0.0330. The van der Waals surface area contributed by atoms with Gasteiger partial charge in [0, 0.05) is 11.6 Å². The molecule has 9 heteroatoms. The number of hydrogen-bond acceptors (Lipinski definition) is 7. The maximum atomic E-state index is 12.9. The Labute approximate surface area is 170 Å². The lowest BCUT2D eigenvalue weighted by atomic mass is 9.94. The Morgan fingerprint density at radius 3 is 2.68 bits per heavy atom. The topological polar surface area (TPSA) is 92.3 Å². The molecule has 0 atom stereocenters. The van der Waals surface area contributed by atoms with Crippen molar-refractivity contribution < 1.29 is 14.4 Å². The first kappa shape index (κ1) is 19.1. The molecule has 1 aliphatic carbocycles. The van der Waals surface area contributed by atoms with Gasteiger partial charge < -0.3 is 0 Å². The smallest absolute Gasteiger partial charge is 0.261 e. The van der Waals surface area contributed by atoms with Crippen LogP contribution in [0.2, 0.25) is 0 Å². The van der Waals surface area contributed by atoms with Crippen molar-refractivity contribution in [2.45, 2.75) is 49.4 Å². The minimum Gasteiger partial charge on any atom is -0.296 e. The third-order valence-corrected chi connectivity index (χ3v) is 6.87. The van der Waals surface area contributed by atoms with Gasteiger partial charge in [-0.05, 0) is 36.8 Å². The van der Waals surface area contributed by atoms with E-state index >= 15 is 0 Å². The first-order chi connectivity index (χ1) is 13.6. The van der Waals surface area contributed by atoms with E-state index in [0.29, 0.717) is 21.8 Å². The third kappa shape index (κ3) is 3.56. The predicted molar refractivity (Wildman–Crippen MR) is 108 cm³/mol. The van der Waals surface area contributed by atoms with Gasteiger partial charge in [-0.3, -0.25) is 24.6 Å². The van der Waals surface area contributed by atoms with Crippen LogP contribution >= 0.6 is 23.1 Å². The van der Waals surface area contributed by atoms with Gasteiger partial charge >= 0.3 is 0 Å². The standard InChI is InChI=1S/C19H20N4O3S2/c1-2-27-19-22-21-18(28-19)20-15(24)11-8-9-13-14(10-11)17(26)23(16(13)25)12-6-4-3-5-7-12/h8-10,12H,2-7H2,1H3,(H,20,21,24). The summed E-state index contributed by atoms with van der Waals surface area (Å²) in [6.45, 7) is 2.02. The zero-order valence-corrected chi connectivity index (χ0v) is 17.1. The summed E-state index contributed by atoms with van der Waals surface area (Å²) >= 11 is 2.86. The summed E-state index contributed by atoms with van der Waals surface area (Å²) in [5, 5.41) is 11.1. The number of thioether (sulfide) groups is 1. The fourth-order valence-corrected chi connectivity index (χ4v) is 5.33. The SMILES string of the molecule is CCSc1nnc(NC(=O)c2ccc3c(c2)C(=O)N(C2CCCCC2)C3=O)s1. The number of fused-ring (bicyclic) bond motifs is 1. The number of nitrogens with zero attached hydrogens (tertiary/aromatic N) is 3. The molecular formula is C19H20N4O3S2. The summed E-state index contributed by atoms with van der Waals surface area (Å²) < 4.78 is 0.788. The molecule has 0 bridgehead atoms.